The van der Waals surface area contributed by atoms with E-state index in [0.29, 0.717) is 19.1 Å². The van der Waals surface area contributed by atoms with Crippen molar-refractivity contribution in [2.24, 2.45) is 5.92 Å². The van der Waals surface area contributed by atoms with Crippen molar-refractivity contribution >= 4 is 5.91 Å². The topological polar surface area (TPSA) is 59.6 Å². The number of nitrogens with one attached hydrogen (secondary N) is 2. The van der Waals surface area contributed by atoms with Gasteiger partial charge in [0.2, 0.25) is 5.91 Å². The van der Waals surface area contributed by atoms with Crippen LogP contribution in [0.4, 0.5) is 0 Å². The molecule has 2 unspecified atom stereocenters. The van der Waals surface area contributed by atoms with E-state index >= 15 is 0 Å². The van der Waals surface area contributed by atoms with Crippen LogP contribution in [0.2, 0.25) is 0 Å². The van der Waals surface area contributed by atoms with E-state index in [9.17, 15) is 4.79 Å². The highest BCUT2D eigenvalue weighted by atomic mass is 16.5. The molecule has 0 aromatic heterocycles. The molecule has 1 rings (SSSR count). The molecule has 1 aliphatic rings. The van der Waals surface area contributed by atoms with Crippen LogP contribution in [0.1, 0.15) is 19.8 Å². The van der Waals surface area contributed by atoms with Crippen LogP contribution in [0.25, 0.3) is 0 Å². The second-order valence-electron chi connectivity index (χ2n) is 4.62. The van der Waals surface area contributed by atoms with E-state index in [1.54, 1.807) is 7.11 Å². The van der Waals surface area contributed by atoms with Crippen LogP contribution < -0.4 is 10.6 Å². The number of hydrogen-bond donors (Lipinski definition) is 2. The lowest BCUT2D eigenvalue weighted by Crippen LogP contribution is -2.41. The predicted octanol–water partition coefficient (Wildman–Crippen LogP) is 0.154. The van der Waals surface area contributed by atoms with Crippen molar-refractivity contribution in [1.82, 2.24) is 10.6 Å². The van der Waals surface area contributed by atoms with Gasteiger partial charge in [-0.15, -0.1) is 0 Å². The van der Waals surface area contributed by atoms with E-state index in [0.717, 1.165) is 32.6 Å². The van der Waals surface area contributed by atoms with Gasteiger partial charge in [-0.3, -0.25) is 4.79 Å². The molecule has 0 saturated carbocycles. The van der Waals surface area contributed by atoms with Gasteiger partial charge in [-0.25, -0.2) is 0 Å². The number of carbonyl (C=O) groups excluding carboxylic acids is 1. The van der Waals surface area contributed by atoms with Crippen LogP contribution in [-0.2, 0) is 14.3 Å². The summed E-state index contributed by atoms with van der Waals surface area (Å²) in [5.74, 6) is 0.690. The molecule has 0 aromatic rings. The molecule has 1 heterocycles. The van der Waals surface area contributed by atoms with Gasteiger partial charge in [0, 0.05) is 26.4 Å². The molecule has 5 heteroatoms. The van der Waals surface area contributed by atoms with Crippen molar-refractivity contribution in [1.29, 1.82) is 0 Å². The normalized spacial score (nSPS) is 21.4. The summed E-state index contributed by atoms with van der Waals surface area (Å²) in [6.07, 6.45) is 2.24. The molecule has 5 nitrogen and oxygen atoms in total. The molecule has 1 saturated heterocycles. The highest BCUT2D eigenvalue weighted by Gasteiger charge is 2.14. The minimum atomic E-state index is 0.0252. The van der Waals surface area contributed by atoms with Gasteiger partial charge < -0.3 is 20.1 Å². The largest absolute Gasteiger partial charge is 0.383 e. The molecule has 1 amide bonds. The Labute approximate surface area is 103 Å². The lowest BCUT2D eigenvalue weighted by molar-refractivity contribution is -0.121. The maximum atomic E-state index is 11.5. The quantitative estimate of drug-likeness (QED) is 0.597. The zero-order valence-electron chi connectivity index (χ0n) is 10.8. The summed E-state index contributed by atoms with van der Waals surface area (Å²) in [4.78, 5) is 11.5. The fourth-order valence-corrected chi connectivity index (χ4v) is 1.94. The Morgan fingerprint density at radius 3 is 3.06 bits per heavy atom. The maximum Gasteiger partial charge on any atom is 0.234 e. The van der Waals surface area contributed by atoms with Gasteiger partial charge in [-0.05, 0) is 32.2 Å². The Hall–Kier alpha value is -0.650. The van der Waals surface area contributed by atoms with Crippen molar-refractivity contribution in [2.75, 3.05) is 40.0 Å². The van der Waals surface area contributed by atoms with Gasteiger partial charge in [0.15, 0.2) is 0 Å². The molecule has 2 atom stereocenters. The van der Waals surface area contributed by atoms with Crippen LogP contribution in [0.5, 0.6) is 0 Å². The van der Waals surface area contributed by atoms with Crippen LogP contribution in [0.15, 0.2) is 0 Å². The summed E-state index contributed by atoms with van der Waals surface area (Å²) in [7, 11) is 1.63. The Bertz CT molecular complexity index is 218. The highest BCUT2D eigenvalue weighted by molar-refractivity contribution is 5.78. The molecular formula is C12H24N2O3. The van der Waals surface area contributed by atoms with E-state index in [1.807, 2.05) is 6.92 Å². The van der Waals surface area contributed by atoms with E-state index in [1.165, 1.54) is 0 Å². The summed E-state index contributed by atoms with van der Waals surface area (Å²) in [6.45, 7) is 5.49. The monoisotopic (exact) mass is 244 g/mol. The SMILES string of the molecule is COCC(C)NC(=O)CNCCC1CCOC1. The fraction of sp³-hybridized carbons (Fsp3) is 0.917. The molecule has 0 radical (unpaired) electrons. The summed E-state index contributed by atoms with van der Waals surface area (Å²) in [5.41, 5.74) is 0. The average molecular weight is 244 g/mol. The Morgan fingerprint density at radius 2 is 2.41 bits per heavy atom. The first-order chi connectivity index (χ1) is 8.22. The number of carbonyl (C=O) groups is 1. The number of methoxy groups -OCH3 is 1. The van der Waals surface area contributed by atoms with Gasteiger partial charge in [0.25, 0.3) is 0 Å². The molecule has 0 aliphatic carbocycles. The third-order valence-electron chi connectivity index (χ3n) is 2.86. The molecular weight excluding hydrogens is 220 g/mol. The van der Waals surface area contributed by atoms with Gasteiger partial charge in [-0.1, -0.05) is 0 Å². The lowest BCUT2D eigenvalue weighted by atomic mass is 10.1. The van der Waals surface area contributed by atoms with Gasteiger partial charge >= 0.3 is 0 Å². The van der Waals surface area contributed by atoms with Crippen molar-refractivity contribution in [3.05, 3.63) is 0 Å². The first-order valence-electron chi connectivity index (χ1n) is 6.29. The second kappa shape index (κ2) is 8.44. The molecule has 0 aromatic carbocycles. The first-order valence-corrected chi connectivity index (χ1v) is 6.29. The molecule has 17 heavy (non-hydrogen) atoms. The number of rotatable bonds is 8. The van der Waals surface area contributed by atoms with E-state index < -0.39 is 0 Å². The van der Waals surface area contributed by atoms with E-state index in [4.69, 9.17) is 9.47 Å². The number of hydrogen-bond acceptors (Lipinski definition) is 4. The van der Waals surface area contributed by atoms with Crippen LogP contribution in [0.3, 0.4) is 0 Å². The van der Waals surface area contributed by atoms with Gasteiger partial charge in [0.1, 0.15) is 0 Å². The summed E-state index contributed by atoms with van der Waals surface area (Å²) in [6, 6.07) is 0.0672. The van der Waals surface area contributed by atoms with Gasteiger partial charge in [0.05, 0.1) is 13.2 Å². The van der Waals surface area contributed by atoms with Crippen molar-refractivity contribution in [2.45, 2.75) is 25.8 Å². The van der Waals surface area contributed by atoms with Crippen LogP contribution >= 0.6 is 0 Å². The second-order valence-corrected chi connectivity index (χ2v) is 4.62. The summed E-state index contributed by atoms with van der Waals surface area (Å²) in [5, 5.41) is 6.01. The van der Waals surface area contributed by atoms with E-state index in [2.05, 4.69) is 10.6 Å². The molecule has 1 fully saturated rings. The molecule has 100 valence electrons. The van der Waals surface area contributed by atoms with E-state index in [-0.39, 0.29) is 11.9 Å². The fourth-order valence-electron chi connectivity index (χ4n) is 1.94. The predicted molar refractivity (Wildman–Crippen MR) is 65.9 cm³/mol. The summed E-state index contributed by atoms with van der Waals surface area (Å²) < 4.78 is 10.2. The highest BCUT2D eigenvalue weighted by Crippen LogP contribution is 2.14. The number of amides is 1. The average Bonchev–Trinajstić information content (AvgIpc) is 2.77. The summed E-state index contributed by atoms with van der Waals surface area (Å²) >= 11 is 0. The minimum Gasteiger partial charge on any atom is -0.383 e. The maximum absolute atomic E-state index is 11.5. The van der Waals surface area contributed by atoms with Crippen molar-refractivity contribution in [3.8, 4) is 0 Å². The molecule has 1 aliphatic heterocycles. The zero-order chi connectivity index (χ0) is 12.5. The van der Waals surface area contributed by atoms with Crippen LogP contribution in [0, 0.1) is 5.92 Å². The van der Waals surface area contributed by atoms with Crippen LogP contribution in [-0.4, -0.2) is 52.0 Å². The first kappa shape index (κ1) is 14.4. The minimum absolute atomic E-state index is 0.0252. The molecule has 2 N–H and O–H groups in total. The molecule has 0 spiro atoms. The Balaban J connectivity index is 1.95. The standard InChI is InChI=1S/C12H24N2O3/c1-10(8-16-2)14-12(15)7-13-5-3-11-4-6-17-9-11/h10-11,13H,3-9H2,1-2H3,(H,14,15). The van der Waals surface area contributed by atoms with Gasteiger partial charge in [-0.2, -0.15) is 0 Å². The Kier molecular flexibility index (Phi) is 7.16. The van der Waals surface area contributed by atoms with Crippen molar-refractivity contribution in [3.63, 3.8) is 0 Å². The Morgan fingerprint density at radius 1 is 1.59 bits per heavy atom. The third-order valence-corrected chi connectivity index (χ3v) is 2.86. The number of ether oxygens (including phenoxy) is 2. The smallest absolute Gasteiger partial charge is 0.234 e. The van der Waals surface area contributed by atoms with Crippen molar-refractivity contribution < 1.29 is 14.3 Å². The third kappa shape index (κ3) is 6.61. The molecule has 0 bridgehead atoms. The lowest BCUT2D eigenvalue weighted by Gasteiger charge is -2.13. The zero-order valence-corrected chi connectivity index (χ0v) is 10.8.